The van der Waals surface area contributed by atoms with Gasteiger partial charge in [0.2, 0.25) is 10.0 Å². The number of fused-ring (bicyclic) bond motifs is 1. The molecule has 0 aliphatic rings. The van der Waals surface area contributed by atoms with Crippen molar-refractivity contribution in [1.29, 1.82) is 0 Å². The fraction of sp³-hybridized carbons (Fsp3) is 0.440. The van der Waals surface area contributed by atoms with Crippen molar-refractivity contribution in [2.24, 2.45) is 4.99 Å². The normalized spacial score (nSPS) is 12.4. The van der Waals surface area contributed by atoms with Crippen LogP contribution in [0.4, 0.5) is 0 Å². The first-order chi connectivity index (χ1) is 17.3. The summed E-state index contributed by atoms with van der Waals surface area (Å²) in [6.45, 7) is 5.71. The minimum atomic E-state index is -3.62. The highest BCUT2D eigenvalue weighted by atomic mass is 32.2. The Hall–Kier alpha value is -2.73. The van der Waals surface area contributed by atoms with Gasteiger partial charge in [-0.15, -0.1) is 0 Å². The molecule has 3 aromatic rings. The number of thiazole rings is 1. The van der Waals surface area contributed by atoms with Crippen molar-refractivity contribution in [3.05, 3.63) is 46.8 Å². The highest BCUT2D eigenvalue weighted by molar-refractivity contribution is 7.89. The molecule has 0 N–H and O–H groups in total. The van der Waals surface area contributed by atoms with E-state index in [4.69, 9.17) is 14.2 Å². The SMILES string of the molecule is CCCN(CCC)S(=O)(=O)c1ccc(C(=O)N=c2sc3cc(OC)c(OC)cc3n2CCOC)cc1. The van der Waals surface area contributed by atoms with Crippen LogP contribution >= 0.6 is 11.3 Å². The zero-order valence-corrected chi connectivity index (χ0v) is 22.9. The van der Waals surface area contributed by atoms with Gasteiger partial charge in [-0.25, -0.2) is 8.42 Å². The number of methoxy groups -OCH3 is 3. The van der Waals surface area contributed by atoms with E-state index in [1.165, 1.54) is 39.9 Å². The van der Waals surface area contributed by atoms with Crippen LogP contribution in [0.25, 0.3) is 10.2 Å². The van der Waals surface area contributed by atoms with Crippen LogP contribution in [0, 0.1) is 0 Å². The van der Waals surface area contributed by atoms with Crippen LogP contribution in [0.1, 0.15) is 37.0 Å². The summed E-state index contributed by atoms with van der Waals surface area (Å²) < 4.78 is 46.4. The van der Waals surface area contributed by atoms with Crippen LogP contribution < -0.4 is 14.3 Å². The fourth-order valence-electron chi connectivity index (χ4n) is 3.80. The van der Waals surface area contributed by atoms with Crippen molar-refractivity contribution in [2.45, 2.75) is 38.1 Å². The summed E-state index contributed by atoms with van der Waals surface area (Å²) >= 11 is 1.35. The number of hydrogen-bond acceptors (Lipinski definition) is 7. The molecular formula is C25H33N3O6S2. The number of ether oxygens (including phenoxy) is 3. The van der Waals surface area contributed by atoms with E-state index in [9.17, 15) is 13.2 Å². The molecular weight excluding hydrogens is 502 g/mol. The Morgan fingerprint density at radius 2 is 1.61 bits per heavy atom. The molecule has 11 heteroatoms. The quantitative estimate of drug-likeness (QED) is 0.349. The van der Waals surface area contributed by atoms with E-state index in [1.807, 2.05) is 30.5 Å². The highest BCUT2D eigenvalue weighted by Gasteiger charge is 2.23. The van der Waals surface area contributed by atoms with Crippen LogP contribution in [0.5, 0.6) is 11.5 Å². The van der Waals surface area contributed by atoms with Gasteiger partial charge >= 0.3 is 0 Å². The van der Waals surface area contributed by atoms with E-state index in [0.717, 1.165) is 23.1 Å². The zero-order valence-electron chi connectivity index (χ0n) is 21.3. The van der Waals surface area contributed by atoms with Crippen molar-refractivity contribution in [1.82, 2.24) is 8.87 Å². The minimum absolute atomic E-state index is 0.164. The molecule has 0 unspecified atom stereocenters. The van der Waals surface area contributed by atoms with Gasteiger partial charge in [-0.2, -0.15) is 9.30 Å². The molecule has 0 aliphatic heterocycles. The Morgan fingerprint density at radius 1 is 1.00 bits per heavy atom. The summed E-state index contributed by atoms with van der Waals surface area (Å²) in [5.74, 6) is 0.693. The van der Waals surface area contributed by atoms with Gasteiger partial charge in [0.1, 0.15) is 0 Å². The predicted molar refractivity (Wildman–Crippen MR) is 140 cm³/mol. The van der Waals surface area contributed by atoms with Crippen LogP contribution in [0.15, 0.2) is 46.3 Å². The third-order valence-corrected chi connectivity index (χ3v) is 8.54. The molecule has 2 aromatic carbocycles. The van der Waals surface area contributed by atoms with Gasteiger partial charge in [-0.05, 0) is 37.1 Å². The van der Waals surface area contributed by atoms with Crippen molar-refractivity contribution in [3.8, 4) is 11.5 Å². The maximum Gasteiger partial charge on any atom is 0.279 e. The third kappa shape index (κ3) is 5.97. The predicted octanol–water partition coefficient (Wildman–Crippen LogP) is 3.92. The van der Waals surface area contributed by atoms with Gasteiger partial charge in [-0.3, -0.25) is 4.79 Å². The summed E-state index contributed by atoms with van der Waals surface area (Å²) in [5, 5.41) is 0. The molecule has 1 amide bonds. The maximum atomic E-state index is 13.0. The molecule has 0 aliphatic carbocycles. The number of aromatic nitrogens is 1. The van der Waals surface area contributed by atoms with Crippen molar-refractivity contribution in [3.63, 3.8) is 0 Å². The molecule has 0 bridgehead atoms. The van der Waals surface area contributed by atoms with Gasteiger partial charge in [0.25, 0.3) is 5.91 Å². The van der Waals surface area contributed by atoms with Crippen molar-refractivity contribution >= 4 is 37.5 Å². The summed E-state index contributed by atoms with van der Waals surface area (Å²) in [7, 11) is 1.12. The van der Waals surface area contributed by atoms with E-state index in [0.29, 0.717) is 48.1 Å². The van der Waals surface area contributed by atoms with Crippen LogP contribution in [0.2, 0.25) is 0 Å². The Balaban J connectivity index is 2.00. The Labute approximate surface area is 216 Å². The first-order valence-electron chi connectivity index (χ1n) is 11.7. The van der Waals surface area contributed by atoms with Crippen LogP contribution in [-0.4, -0.2) is 64.2 Å². The van der Waals surface area contributed by atoms with E-state index >= 15 is 0 Å². The molecule has 1 heterocycles. The number of rotatable bonds is 12. The van der Waals surface area contributed by atoms with Crippen LogP contribution in [0.3, 0.4) is 0 Å². The second-order valence-corrected chi connectivity index (χ2v) is 11.0. The number of carbonyl (C=O) groups is 1. The minimum Gasteiger partial charge on any atom is -0.493 e. The van der Waals surface area contributed by atoms with Crippen LogP contribution in [-0.2, 0) is 21.3 Å². The molecule has 36 heavy (non-hydrogen) atoms. The average molecular weight is 536 g/mol. The van der Waals surface area contributed by atoms with Gasteiger partial charge in [0, 0.05) is 44.4 Å². The Kier molecular flexibility index (Phi) is 9.66. The molecule has 3 rings (SSSR count). The van der Waals surface area contributed by atoms with Crippen molar-refractivity contribution in [2.75, 3.05) is 41.0 Å². The first-order valence-corrected chi connectivity index (χ1v) is 14.0. The largest absolute Gasteiger partial charge is 0.493 e. The number of carbonyl (C=O) groups excluding carboxylic acids is 1. The number of sulfonamides is 1. The van der Waals surface area contributed by atoms with Gasteiger partial charge in [0.15, 0.2) is 16.3 Å². The van der Waals surface area contributed by atoms with Gasteiger partial charge in [-0.1, -0.05) is 25.2 Å². The van der Waals surface area contributed by atoms with E-state index in [2.05, 4.69) is 4.99 Å². The molecule has 0 radical (unpaired) electrons. The second-order valence-electron chi connectivity index (χ2n) is 8.05. The summed E-state index contributed by atoms with van der Waals surface area (Å²) in [4.78, 5) is 18.1. The first kappa shape index (κ1) is 27.9. The standard InChI is InChI=1S/C25H33N3O6S2/c1-6-12-27(13-7-2)36(30,31)19-10-8-18(9-11-19)24(29)26-25-28(14-15-32-3)20-16-21(33-4)22(34-5)17-23(20)35-25/h8-11,16-17H,6-7,12-15H2,1-5H3. The van der Waals surface area contributed by atoms with Gasteiger partial charge in [0.05, 0.1) is 35.9 Å². The molecule has 1 aromatic heterocycles. The average Bonchev–Trinajstić information content (AvgIpc) is 3.21. The van der Waals surface area contributed by atoms with Crippen molar-refractivity contribution < 1.29 is 27.4 Å². The molecule has 0 spiro atoms. The number of benzene rings is 2. The maximum absolute atomic E-state index is 13.0. The smallest absolute Gasteiger partial charge is 0.279 e. The topological polar surface area (TPSA) is 99.4 Å². The van der Waals surface area contributed by atoms with Gasteiger partial charge < -0.3 is 18.8 Å². The number of hydrogen-bond donors (Lipinski definition) is 0. The Bertz CT molecular complexity index is 1350. The fourth-order valence-corrected chi connectivity index (χ4v) is 6.49. The molecule has 0 atom stereocenters. The Morgan fingerprint density at radius 3 is 2.17 bits per heavy atom. The lowest BCUT2D eigenvalue weighted by Crippen LogP contribution is -2.32. The lowest BCUT2D eigenvalue weighted by Gasteiger charge is -2.21. The summed E-state index contributed by atoms with van der Waals surface area (Å²) in [6, 6.07) is 9.65. The number of nitrogens with zero attached hydrogens (tertiary/aromatic N) is 3. The van der Waals surface area contributed by atoms with E-state index in [-0.39, 0.29) is 4.90 Å². The zero-order chi connectivity index (χ0) is 26.3. The molecule has 0 saturated carbocycles. The molecule has 0 saturated heterocycles. The van der Waals surface area contributed by atoms with E-state index in [1.54, 1.807) is 21.3 Å². The van der Waals surface area contributed by atoms with E-state index < -0.39 is 15.9 Å². The lowest BCUT2D eigenvalue weighted by molar-refractivity contribution is 0.0997. The molecule has 9 nitrogen and oxygen atoms in total. The summed E-state index contributed by atoms with van der Waals surface area (Å²) in [5.41, 5.74) is 1.15. The highest BCUT2D eigenvalue weighted by Crippen LogP contribution is 2.33. The lowest BCUT2D eigenvalue weighted by atomic mass is 10.2. The number of amides is 1. The second kappa shape index (κ2) is 12.5. The monoisotopic (exact) mass is 535 g/mol. The summed E-state index contributed by atoms with van der Waals surface area (Å²) in [6.07, 6.45) is 1.45. The molecule has 196 valence electrons. The molecule has 0 fully saturated rings. The third-order valence-electron chi connectivity index (χ3n) is 5.59.